The molecule has 1 saturated carbocycles. The lowest BCUT2D eigenvalue weighted by atomic mass is 9.71. The van der Waals surface area contributed by atoms with E-state index < -0.39 is 0 Å². The second kappa shape index (κ2) is 6.96. The zero-order valence-electron chi connectivity index (χ0n) is 12.1. The van der Waals surface area contributed by atoms with Crippen molar-refractivity contribution in [1.82, 2.24) is 25.5 Å². The van der Waals surface area contributed by atoms with E-state index in [1.165, 1.54) is 32.1 Å². The molecule has 0 unspecified atom stereocenters. The predicted molar refractivity (Wildman–Crippen MR) is 72.8 cm³/mol. The van der Waals surface area contributed by atoms with Gasteiger partial charge >= 0.3 is 0 Å². The van der Waals surface area contributed by atoms with Crippen LogP contribution in [0.4, 0.5) is 0 Å². The van der Waals surface area contributed by atoms with Gasteiger partial charge in [0.05, 0.1) is 13.7 Å². The maximum absolute atomic E-state index is 5.09. The smallest absolute Gasteiger partial charge is 0.175 e. The number of rotatable bonds is 7. The molecule has 1 aliphatic carbocycles. The first-order valence-electron chi connectivity index (χ1n) is 7.17. The van der Waals surface area contributed by atoms with Crippen molar-refractivity contribution >= 4 is 0 Å². The molecule has 19 heavy (non-hydrogen) atoms. The Morgan fingerprint density at radius 3 is 2.74 bits per heavy atom. The molecule has 0 aromatic carbocycles. The van der Waals surface area contributed by atoms with Gasteiger partial charge in [-0.1, -0.05) is 19.3 Å². The molecule has 6 heteroatoms. The molecule has 0 atom stereocenters. The molecular formula is C13H25N5O. The number of tetrazole rings is 1. The van der Waals surface area contributed by atoms with Crippen LogP contribution in [-0.2, 0) is 18.2 Å². The number of nitrogens with one attached hydrogen (secondary N) is 1. The fourth-order valence-corrected chi connectivity index (χ4v) is 2.98. The van der Waals surface area contributed by atoms with E-state index in [9.17, 15) is 0 Å². The molecule has 1 fully saturated rings. The molecule has 0 aliphatic heterocycles. The highest BCUT2D eigenvalue weighted by Gasteiger charge is 2.33. The van der Waals surface area contributed by atoms with E-state index in [4.69, 9.17) is 4.74 Å². The monoisotopic (exact) mass is 267 g/mol. The van der Waals surface area contributed by atoms with Gasteiger partial charge < -0.3 is 10.1 Å². The average molecular weight is 267 g/mol. The van der Waals surface area contributed by atoms with Crippen molar-refractivity contribution in [3.63, 3.8) is 0 Å². The van der Waals surface area contributed by atoms with Gasteiger partial charge in [0.2, 0.25) is 0 Å². The molecule has 108 valence electrons. The van der Waals surface area contributed by atoms with Crippen LogP contribution in [0.25, 0.3) is 0 Å². The quantitative estimate of drug-likeness (QED) is 0.745. The molecule has 1 heterocycles. The molecule has 1 N–H and O–H groups in total. The molecule has 0 amide bonds. The lowest BCUT2D eigenvalue weighted by Gasteiger charge is -2.36. The highest BCUT2D eigenvalue weighted by atomic mass is 16.5. The summed E-state index contributed by atoms with van der Waals surface area (Å²) in [5.74, 6) is 0.873. The molecule has 1 aromatic rings. The Hall–Kier alpha value is -1.01. The van der Waals surface area contributed by atoms with E-state index in [1.807, 2.05) is 7.05 Å². The van der Waals surface area contributed by atoms with Crippen LogP contribution in [-0.4, -0.2) is 47.0 Å². The SMILES string of the molecule is COCCNCC1(Cc2nnn(C)n2)CCCCC1. The highest BCUT2D eigenvalue weighted by Crippen LogP contribution is 2.38. The Bertz CT molecular complexity index is 373. The Labute approximate surface area is 114 Å². The zero-order valence-corrected chi connectivity index (χ0v) is 12.1. The van der Waals surface area contributed by atoms with Gasteiger partial charge in [0.15, 0.2) is 5.82 Å². The number of ether oxygens (including phenoxy) is 1. The third-order valence-electron chi connectivity index (χ3n) is 3.98. The maximum atomic E-state index is 5.09. The van der Waals surface area contributed by atoms with E-state index >= 15 is 0 Å². The molecule has 2 rings (SSSR count). The summed E-state index contributed by atoms with van der Waals surface area (Å²) in [7, 11) is 3.56. The summed E-state index contributed by atoms with van der Waals surface area (Å²) in [6.45, 7) is 2.69. The summed E-state index contributed by atoms with van der Waals surface area (Å²) in [6, 6.07) is 0. The van der Waals surface area contributed by atoms with Crippen LogP contribution in [0, 0.1) is 5.41 Å². The van der Waals surface area contributed by atoms with Crippen LogP contribution in [0.2, 0.25) is 0 Å². The van der Waals surface area contributed by atoms with Gasteiger partial charge in [0.25, 0.3) is 0 Å². The van der Waals surface area contributed by atoms with E-state index in [-0.39, 0.29) is 0 Å². The predicted octanol–water partition coefficient (Wildman–Crippen LogP) is 0.939. The molecule has 0 bridgehead atoms. The molecule has 1 aromatic heterocycles. The number of aromatic nitrogens is 4. The molecule has 0 radical (unpaired) electrons. The molecule has 0 saturated heterocycles. The molecule has 6 nitrogen and oxygen atoms in total. The van der Waals surface area contributed by atoms with Crippen LogP contribution < -0.4 is 5.32 Å². The summed E-state index contributed by atoms with van der Waals surface area (Å²) < 4.78 is 5.09. The summed E-state index contributed by atoms with van der Waals surface area (Å²) >= 11 is 0. The van der Waals surface area contributed by atoms with Crippen molar-refractivity contribution in [2.24, 2.45) is 12.5 Å². The van der Waals surface area contributed by atoms with E-state index in [0.717, 1.165) is 31.9 Å². The summed E-state index contributed by atoms with van der Waals surface area (Å²) in [5, 5.41) is 15.9. The number of methoxy groups -OCH3 is 1. The van der Waals surface area contributed by atoms with Crippen molar-refractivity contribution in [2.75, 3.05) is 26.8 Å². The van der Waals surface area contributed by atoms with Gasteiger partial charge in [0.1, 0.15) is 0 Å². The van der Waals surface area contributed by atoms with Crippen molar-refractivity contribution in [3.05, 3.63) is 5.82 Å². The lowest BCUT2D eigenvalue weighted by molar-refractivity contribution is 0.160. The summed E-state index contributed by atoms with van der Waals surface area (Å²) in [6.07, 6.45) is 7.42. The van der Waals surface area contributed by atoms with Crippen LogP contribution in [0.5, 0.6) is 0 Å². The summed E-state index contributed by atoms with van der Waals surface area (Å²) in [4.78, 5) is 1.55. The van der Waals surface area contributed by atoms with Crippen LogP contribution in [0.15, 0.2) is 0 Å². The number of hydrogen-bond acceptors (Lipinski definition) is 5. The third-order valence-corrected chi connectivity index (χ3v) is 3.98. The first-order chi connectivity index (χ1) is 9.24. The van der Waals surface area contributed by atoms with Crippen LogP contribution in [0.1, 0.15) is 37.9 Å². The fourth-order valence-electron chi connectivity index (χ4n) is 2.98. The van der Waals surface area contributed by atoms with Crippen molar-refractivity contribution in [1.29, 1.82) is 0 Å². The van der Waals surface area contributed by atoms with Gasteiger partial charge in [0, 0.05) is 26.6 Å². The van der Waals surface area contributed by atoms with Gasteiger partial charge in [-0.05, 0) is 23.5 Å². The van der Waals surface area contributed by atoms with Gasteiger partial charge in [-0.25, -0.2) is 0 Å². The molecule has 0 spiro atoms. The number of aryl methyl sites for hydroxylation is 1. The van der Waals surface area contributed by atoms with E-state index in [2.05, 4.69) is 20.7 Å². The minimum absolute atomic E-state index is 0.301. The Kier molecular flexibility index (Phi) is 5.27. The van der Waals surface area contributed by atoms with Crippen LogP contribution in [0.3, 0.4) is 0 Å². The Balaban J connectivity index is 1.93. The standard InChI is InChI=1S/C13H25N5O/c1-18-16-12(15-17-18)10-13(6-4-3-5-7-13)11-14-8-9-19-2/h14H,3-11H2,1-2H3. The minimum Gasteiger partial charge on any atom is -0.383 e. The zero-order chi connectivity index (χ0) is 13.6. The third kappa shape index (κ3) is 4.24. The lowest BCUT2D eigenvalue weighted by Crippen LogP contribution is -2.39. The molecule has 1 aliphatic rings. The first-order valence-corrected chi connectivity index (χ1v) is 7.17. The van der Waals surface area contributed by atoms with Gasteiger partial charge in [-0.2, -0.15) is 4.80 Å². The average Bonchev–Trinajstić information content (AvgIpc) is 2.81. The van der Waals surface area contributed by atoms with Crippen molar-refractivity contribution in [3.8, 4) is 0 Å². The number of nitrogens with zero attached hydrogens (tertiary/aromatic N) is 4. The molecular weight excluding hydrogens is 242 g/mol. The van der Waals surface area contributed by atoms with Gasteiger partial charge in [-0.3, -0.25) is 0 Å². The number of hydrogen-bond donors (Lipinski definition) is 1. The highest BCUT2D eigenvalue weighted by molar-refractivity contribution is 4.94. The Morgan fingerprint density at radius 2 is 2.11 bits per heavy atom. The normalized spacial score (nSPS) is 18.6. The summed E-state index contributed by atoms with van der Waals surface area (Å²) in [5.41, 5.74) is 0.301. The van der Waals surface area contributed by atoms with Crippen LogP contribution >= 0.6 is 0 Å². The largest absolute Gasteiger partial charge is 0.383 e. The second-order valence-electron chi connectivity index (χ2n) is 5.60. The van der Waals surface area contributed by atoms with Crippen molar-refractivity contribution < 1.29 is 4.74 Å². The van der Waals surface area contributed by atoms with E-state index in [1.54, 1.807) is 11.9 Å². The van der Waals surface area contributed by atoms with E-state index in [0.29, 0.717) is 5.41 Å². The maximum Gasteiger partial charge on any atom is 0.175 e. The van der Waals surface area contributed by atoms with Gasteiger partial charge in [-0.15, -0.1) is 10.2 Å². The first kappa shape index (κ1) is 14.4. The topological polar surface area (TPSA) is 64.9 Å². The van der Waals surface area contributed by atoms with Crippen molar-refractivity contribution in [2.45, 2.75) is 38.5 Å². The minimum atomic E-state index is 0.301. The second-order valence-corrected chi connectivity index (χ2v) is 5.60. The fraction of sp³-hybridized carbons (Fsp3) is 0.923. The Morgan fingerprint density at radius 1 is 1.32 bits per heavy atom.